The lowest BCUT2D eigenvalue weighted by Gasteiger charge is -2.09. The van der Waals surface area contributed by atoms with Gasteiger partial charge in [0.05, 0.1) is 14.2 Å². The van der Waals surface area contributed by atoms with Crippen LogP contribution in [0.1, 0.15) is 17.5 Å². The number of allylic oxidation sites excluding steroid dienone is 1. The zero-order chi connectivity index (χ0) is 16.7. The van der Waals surface area contributed by atoms with Crippen LogP contribution in [0.3, 0.4) is 0 Å². The number of phenols is 1. The van der Waals surface area contributed by atoms with Gasteiger partial charge in [-0.25, -0.2) is 0 Å². The molecule has 23 heavy (non-hydrogen) atoms. The minimum absolute atomic E-state index is 0.0232. The van der Waals surface area contributed by atoms with E-state index in [-0.39, 0.29) is 5.75 Å². The zero-order valence-electron chi connectivity index (χ0n) is 13.8. The molecule has 2 aromatic rings. The molecular weight excluding hydrogens is 290 g/mol. The summed E-state index contributed by atoms with van der Waals surface area (Å²) in [5.74, 6) is 0.837. The van der Waals surface area contributed by atoms with Crippen LogP contribution in [-0.2, 0) is 6.42 Å². The monoisotopic (exact) mass is 313 g/mol. The third-order valence-electron chi connectivity index (χ3n) is 3.68. The van der Waals surface area contributed by atoms with Crippen molar-refractivity contribution in [3.05, 3.63) is 53.6 Å². The van der Waals surface area contributed by atoms with Gasteiger partial charge in [-0.3, -0.25) is 0 Å². The normalized spacial score (nSPS) is 10.7. The molecule has 2 N–H and O–H groups in total. The first kappa shape index (κ1) is 16.7. The number of hydrogen-bond donors (Lipinski definition) is 2. The van der Waals surface area contributed by atoms with Crippen LogP contribution in [0.5, 0.6) is 17.2 Å². The number of nitrogens with one attached hydrogen (secondary N) is 1. The number of methoxy groups -OCH3 is 2. The summed E-state index contributed by atoms with van der Waals surface area (Å²) in [5.41, 5.74) is 3.38. The Labute approximate surface area is 137 Å². The molecule has 4 heteroatoms. The third kappa shape index (κ3) is 4.19. The molecule has 0 unspecified atom stereocenters. The first-order chi connectivity index (χ1) is 11.2. The molecule has 0 amide bonds. The molecule has 0 aliphatic heterocycles. The highest BCUT2D eigenvalue weighted by Gasteiger charge is 2.09. The minimum Gasteiger partial charge on any atom is -0.502 e. The molecule has 0 spiro atoms. The van der Waals surface area contributed by atoms with Crippen LogP contribution in [0.15, 0.2) is 42.5 Å². The predicted octanol–water partition coefficient (Wildman–Crippen LogP) is 4.10. The lowest BCUT2D eigenvalue weighted by molar-refractivity contribution is 0.340. The number of para-hydroxylation sites is 1. The van der Waals surface area contributed by atoms with Crippen molar-refractivity contribution in [2.75, 3.05) is 26.6 Å². The van der Waals surface area contributed by atoms with Gasteiger partial charge in [-0.05, 0) is 42.2 Å². The molecule has 0 heterocycles. The summed E-state index contributed by atoms with van der Waals surface area (Å²) in [4.78, 5) is 0. The van der Waals surface area contributed by atoms with E-state index in [1.54, 1.807) is 12.1 Å². The molecule has 0 fully saturated rings. The average molecular weight is 313 g/mol. The van der Waals surface area contributed by atoms with E-state index in [0.29, 0.717) is 11.5 Å². The summed E-state index contributed by atoms with van der Waals surface area (Å²) in [5, 5.41) is 13.1. The Hall–Kier alpha value is -2.62. The van der Waals surface area contributed by atoms with Crippen molar-refractivity contribution in [1.29, 1.82) is 0 Å². The van der Waals surface area contributed by atoms with Crippen LogP contribution >= 0.6 is 0 Å². The standard InChI is InChI=1S/C19H23NO3/c1-20-16-11-7-6-10-15(16)9-5-4-8-14-12-17(22-2)19(21)18(13-14)23-3/h4,6-8,10-13,20-21H,5,9H2,1-3H3. The fraction of sp³-hybridized carbons (Fsp3) is 0.263. The summed E-state index contributed by atoms with van der Waals surface area (Å²) in [6.45, 7) is 0. The second-order valence-electron chi connectivity index (χ2n) is 5.12. The summed E-state index contributed by atoms with van der Waals surface area (Å²) < 4.78 is 10.3. The smallest absolute Gasteiger partial charge is 0.200 e. The van der Waals surface area contributed by atoms with Crippen molar-refractivity contribution >= 4 is 11.8 Å². The Bertz CT molecular complexity index is 655. The van der Waals surface area contributed by atoms with Crippen LogP contribution < -0.4 is 14.8 Å². The number of aromatic hydroxyl groups is 1. The van der Waals surface area contributed by atoms with E-state index in [1.165, 1.54) is 19.8 Å². The number of hydrogen-bond acceptors (Lipinski definition) is 4. The Kier molecular flexibility index (Phi) is 5.92. The van der Waals surface area contributed by atoms with Gasteiger partial charge in [0.25, 0.3) is 0 Å². The topological polar surface area (TPSA) is 50.7 Å². The number of anilines is 1. The fourth-order valence-electron chi connectivity index (χ4n) is 2.45. The quantitative estimate of drug-likeness (QED) is 0.808. The zero-order valence-corrected chi connectivity index (χ0v) is 13.8. The van der Waals surface area contributed by atoms with Gasteiger partial charge in [0, 0.05) is 12.7 Å². The van der Waals surface area contributed by atoms with Gasteiger partial charge in [0.15, 0.2) is 11.5 Å². The van der Waals surface area contributed by atoms with Crippen LogP contribution in [0, 0.1) is 0 Å². The maximum atomic E-state index is 9.91. The third-order valence-corrected chi connectivity index (χ3v) is 3.68. The second kappa shape index (κ2) is 8.13. The van der Waals surface area contributed by atoms with Gasteiger partial charge < -0.3 is 19.9 Å². The fourth-order valence-corrected chi connectivity index (χ4v) is 2.45. The largest absolute Gasteiger partial charge is 0.502 e. The van der Waals surface area contributed by atoms with Crippen molar-refractivity contribution in [2.45, 2.75) is 12.8 Å². The van der Waals surface area contributed by atoms with E-state index in [9.17, 15) is 5.11 Å². The molecule has 0 saturated carbocycles. The molecule has 2 aromatic carbocycles. The lowest BCUT2D eigenvalue weighted by Crippen LogP contribution is -1.94. The molecule has 0 aliphatic rings. The highest BCUT2D eigenvalue weighted by Crippen LogP contribution is 2.37. The Morgan fingerprint density at radius 2 is 1.74 bits per heavy atom. The van der Waals surface area contributed by atoms with Gasteiger partial charge in [-0.2, -0.15) is 0 Å². The van der Waals surface area contributed by atoms with Crippen molar-refractivity contribution in [1.82, 2.24) is 0 Å². The van der Waals surface area contributed by atoms with Gasteiger partial charge >= 0.3 is 0 Å². The minimum atomic E-state index is 0.0232. The van der Waals surface area contributed by atoms with Crippen molar-refractivity contribution < 1.29 is 14.6 Å². The lowest BCUT2D eigenvalue weighted by atomic mass is 10.1. The van der Waals surface area contributed by atoms with Crippen LogP contribution in [0.2, 0.25) is 0 Å². The Morgan fingerprint density at radius 3 is 2.35 bits per heavy atom. The molecule has 0 bridgehead atoms. The van der Waals surface area contributed by atoms with Crippen LogP contribution in [-0.4, -0.2) is 26.4 Å². The predicted molar refractivity (Wildman–Crippen MR) is 94.6 cm³/mol. The van der Waals surface area contributed by atoms with Gasteiger partial charge in [0.2, 0.25) is 5.75 Å². The summed E-state index contributed by atoms with van der Waals surface area (Å²) in [7, 11) is 4.98. The van der Waals surface area contributed by atoms with Gasteiger partial charge in [-0.15, -0.1) is 0 Å². The Morgan fingerprint density at radius 1 is 1.09 bits per heavy atom. The Balaban J connectivity index is 2.06. The second-order valence-corrected chi connectivity index (χ2v) is 5.12. The van der Waals surface area contributed by atoms with Crippen molar-refractivity contribution in [3.63, 3.8) is 0 Å². The van der Waals surface area contributed by atoms with Gasteiger partial charge in [0.1, 0.15) is 0 Å². The molecular formula is C19H23NO3. The summed E-state index contributed by atoms with van der Waals surface area (Å²) >= 11 is 0. The van der Waals surface area contributed by atoms with E-state index < -0.39 is 0 Å². The number of phenolic OH excluding ortho intramolecular Hbond substituents is 1. The number of aryl methyl sites for hydroxylation is 1. The van der Waals surface area contributed by atoms with Gasteiger partial charge in [-0.1, -0.05) is 30.4 Å². The highest BCUT2D eigenvalue weighted by atomic mass is 16.5. The molecule has 0 aromatic heterocycles. The maximum Gasteiger partial charge on any atom is 0.200 e. The number of benzene rings is 2. The van der Waals surface area contributed by atoms with Crippen LogP contribution in [0.25, 0.3) is 6.08 Å². The molecule has 0 aliphatic carbocycles. The molecule has 122 valence electrons. The SMILES string of the molecule is CNc1ccccc1CCC=Cc1cc(OC)c(O)c(OC)c1. The molecule has 2 rings (SSSR count). The summed E-state index contributed by atoms with van der Waals surface area (Å²) in [6, 6.07) is 11.9. The van der Waals surface area contributed by atoms with Crippen molar-refractivity contribution in [3.8, 4) is 17.2 Å². The summed E-state index contributed by atoms with van der Waals surface area (Å²) in [6.07, 6.45) is 5.99. The first-order valence-electron chi connectivity index (χ1n) is 7.56. The molecule has 0 saturated heterocycles. The van der Waals surface area contributed by atoms with E-state index in [2.05, 4.69) is 29.6 Å². The van der Waals surface area contributed by atoms with Crippen molar-refractivity contribution in [2.24, 2.45) is 0 Å². The average Bonchev–Trinajstić information content (AvgIpc) is 2.60. The molecule has 0 radical (unpaired) electrons. The van der Waals surface area contributed by atoms with E-state index in [0.717, 1.165) is 24.1 Å². The van der Waals surface area contributed by atoms with E-state index in [1.807, 2.05) is 19.2 Å². The van der Waals surface area contributed by atoms with E-state index in [4.69, 9.17) is 9.47 Å². The first-order valence-corrected chi connectivity index (χ1v) is 7.56. The number of ether oxygens (including phenoxy) is 2. The number of rotatable bonds is 7. The molecule has 0 atom stereocenters. The maximum absolute atomic E-state index is 9.91. The molecule has 4 nitrogen and oxygen atoms in total. The highest BCUT2D eigenvalue weighted by molar-refractivity contribution is 5.61. The van der Waals surface area contributed by atoms with E-state index >= 15 is 0 Å². The van der Waals surface area contributed by atoms with Crippen LogP contribution in [0.4, 0.5) is 5.69 Å².